The number of benzene rings is 1. The molecule has 94 valence electrons. The first-order valence-electron chi connectivity index (χ1n) is 6.08. The number of nitrogens with one attached hydrogen (secondary N) is 1. The number of nitrogens with zero attached hydrogens (tertiary/aromatic N) is 2. The number of aromatic nitrogens is 2. The summed E-state index contributed by atoms with van der Waals surface area (Å²) in [6.45, 7) is 0. The molecule has 3 nitrogen and oxygen atoms in total. The maximum atomic E-state index is 6.03. The highest BCUT2D eigenvalue weighted by molar-refractivity contribution is 7.09. The van der Waals surface area contributed by atoms with Gasteiger partial charge in [0.1, 0.15) is 5.82 Å². The van der Waals surface area contributed by atoms with Crippen molar-refractivity contribution in [3.63, 3.8) is 0 Å². The fourth-order valence-electron chi connectivity index (χ4n) is 1.85. The summed E-state index contributed by atoms with van der Waals surface area (Å²) in [6, 6.07) is 10.3. The van der Waals surface area contributed by atoms with Gasteiger partial charge >= 0.3 is 0 Å². The van der Waals surface area contributed by atoms with Crippen LogP contribution in [0.2, 0.25) is 0 Å². The van der Waals surface area contributed by atoms with Crippen LogP contribution in [0.15, 0.2) is 30.3 Å². The second-order valence-corrected chi connectivity index (χ2v) is 5.55. The Morgan fingerprint density at radius 1 is 1.33 bits per heavy atom. The minimum absolute atomic E-state index is 0.0906. The lowest BCUT2D eigenvalue weighted by Crippen LogP contribution is -2.12. The highest BCUT2D eigenvalue weighted by Crippen LogP contribution is 2.39. The Hall–Kier alpha value is -1.13. The van der Waals surface area contributed by atoms with Gasteiger partial charge in [0.25, 0.3) is 0 Å². The van der Waals surface area contributed by atoms with Crippen molar-refractivity contribution in [2.45, 2.75) is 24.8 Å². The highest BCUT2D eigenvalue weighted by Gasteiger charge is 2.28. The molecule has 1 N–H and O–H groups in total. The molecule has 1 aromatic carbocycles. The van der Waals surface area contributed by atoms with Gasteiger partial charge in [-0.3, -0.25) is 0 Å². The third-order valence-electron chi connectivity index (χ3n) is 3.04. The van der Waals surface area contributed by atoms with E-state index in [-0.39, 0.29) is 6.04 Å². The van der Waals surface area contributed by atoms with Crippen molar-refractivity contribution < 1.29 is 0 Å². The van der Waals surface area contributed by atoms with E-state index in [1.54, 1.807) is 0 Å². The average molecular weight is 280 g/mol. The minimum atomic E-state index is 0.0906. The van der Waals surface area contributed by atoms with E-state index in [0.717, 1.165) is 11.0 Å². The van der Waals surface area contributed by atoms with Crippen molar-refractivity contribution in [2.24, 2.45) is 0 Å². The number of anilines is 1. The topological polar surface area (TPSA) is 37.8 Å². The van der Waals surface area contributed by atoms with Crippen molar-refractivity contribution in [3.8, 4) is 0 Å². The molecule has 1 aliphatic rings. The first-order chi connectivity index (χ1) is 8.86. The molecule has 1 fully saturated rings. The summed E-state index contributed by atoms with van der Waals surface area (Å²) >= 11 is 7.45. The van der Waals surface area contributed by atoms with Gasteiger partial charge in [0.15, 0.2) is 0 Å². The van der Waals surface area contributed by atoms with Gasteiger partial charge in [0.2, 0.25) is 5.13 Å². The van der Waals surface area contributed by atoms with Crippen LogP contribution in [0.25, 0.3) is 0 Å². The van der Waals surface area contributed by atoms with E-state index in [1.807, 2.05) is 18.2 Å². The van der Waals surface area contributed by atoms with Gasteiger partial charge in [0, 0.05) is 23.3 Å². The fourth-order valence-corrected chi connectivity index (χ4v) is 2.80. The van der Waals surface area contributed by atoms with Crippen molar-refractivity contribution in [3.05, 3.63) is 41.7 Å². The van der Waals surface area contributed by atoms with E-state index >= 15 is 0 Å². The van der Waals surface area contributed by atoms with Gasteiger partial charge in [-0.25, -0.2) is 4.98 Å². The third-order valence-corrected chi connectivity index (χ3v) is 4.01. The maximum absolute atomic E-state index is 6.03. The molecule has 0 amide bonds. The van der Waals surface area contributed by atoms with Crippen molar-refractivity contribution >= 4 is 28.3 Å². The summed E-state index contributed by atoms with van der Waals surface area (Å²) in [4.78, 5) is 4.52. The summed E-state index contributed by atoms with van der Waals surface area (Å²) < 4.78 is 4.38. The number of halogens is 1. The van der Waals surface area contributed by atoms with Gasteiger partial charge in [-0.15, -0.1) is 11.6 Å². The van der Waals surface area contributed by atoms with Crippen LogP contribution < -0.4 is 5.32 Å². The molecule has 0 radical (unpaired) electrons. The van der Waals surface area contributed by atoms with Gasteiger partial charge < -0.3 is 5.32 Å². The molecule has 1 heterocycles. The van der Waals surface area contributed by atoms with E-state index in [1.165, 1.54) is 29.9 Å². The highest BCUT2D eigenvalue weighted by atomic mass is 35.5. The smallest absolute Gasteiger partial charge is 0.203 e. The van der Waals surface area contributed by atoms with Crippen LogP contribution in [0.5, 0.6) is 0 Å². The van der Waals surface area contributed by atoms with Crippen LogP contribution >= 0.6 is 23.1 Å². The number of rotatable bonds is 5. The lowest BCUT2D eigenvalue weighted by atomic mass is 10.1. The lowest BCUT2D eigenvalue weighted by molar-refractivity contribution is 0.883. The molecule has 0 spiro atoms. The lowest BCUT2D eigenvalue weighted by Gasteiger charge is -2.14. The van der Waals surface area contributed by atoms with E-state index in [0.29, 0.717) is 11.8 Å². The summed E-state index contributed by atoms with van der Waals surface area (Å²) in [5.41, 5.74) is 1.18. The quantitative estimate of drug-likeness (QED) is 0.846. The van der Waals surface area contributed by atoms with E-state index in [9.17, 15) is 0 Å². The number of hydrogen-bond acceptors (Lipinski definition) is 4. The first-order valence-corrected chi connectivity index (χ1v) is 7.38. The Labute approximate surface area is 115 Å². The van der Waals surface area contributed by atoms with Gasteiger partial charge in [-0.05, 0) is 18.4 Å². The van der Waals surface area contributed by atoms with Crippen molar-refractivity contribution in [1.29, 1.82) is 0 Å². The Balaban J connectivity index is 1.72. The average Bonchev–Trinajstić information content (AvgIpc) is 3.17. The zero-order chi connectivity index (χ0) is 12.4. The Kier molecular flexibility index (Phi) is 3.48. The van der Waals surface area contributed by atoms with E-state index in [2.05, 4.69) is 26.8 Å². The van der Waals surface area contributed by atoms with Crippen LogP contribution in [0, 0.1) is 0 Å². The Morgan fingerprint density at radius 2 is 2.11 bits per heavy atom. The largest absolute Gasteiger partial charge is 0.352 e. The second kappa shape index (κ2) is 5.24. The first kappa shape index (κ1) is 11.9. The monoisotopic (exact) mass is 279 g/mol. The Morgan fingerprint density at radius 3 is 2.78 bits per heavy atom. The summed E-state index contributed by atoms with van der Waals surface area (Å²) in [5, 5.41) is 4.23. The SMILES string of the molecule is ClCC(Nc1nc(C2CC2)ns1)c1ccccc1. The Bertz CT molecular complexity index is 510. The molecule has 0 aliphatic heterocycles. The maximum Gasteiger partial charge on any atom is 0.203 e. The van der Waals surface area contributed by atoms with Crippen LogP contribution in [0.3, 0.4) is 0 Å². The molecule has 1 unspecified atom stereocenters. The molecule has 0 bridgehead atoms. The molecule has 1 atom stereocenters. The van der Waals surface area contributed by atoms with Crippen molar-refractivity contribution in [1.82, 2.24) is 9.36 Å². The fraction of sp³-hybridized carbons (Fsp3) is 0.385. The minimum Gasteiger partial charge on any atom is -0.352 e. The molecular formula is C13H14ClN3S. The van der Waals surface area contributed by atoms with Gasteiger partial charge in [-0.1, -0.05) is 30.3 Å². The molecule has 1 saturated carbocycles. The standard InChI is InChI=1S/C13H14ClN3S/c14-8-11(9-4-2-1-3-5-9)15-13-16-12(17-18-13)10-6-7-10/h1-5,10-11H,6-8H2,(H,15,16,17). The molecule has 18 heavy (non-hydrogen) atoms. The molecule has 5 heteroatoms. The van der Waals surface area contributed by atoms with Crippen LogP contribution in [-0.4, -0.2) is 15.2 Å². The third kappa shape index (κ3) is 2.65. The normalized spacial score (nSPS) is 16.5. The van der Waals surface area contributed by atoms with Crippen LogP contribution in [-0.2, 0) is 0 Å². The molecule has 1 aromatic heterocycles. The summed E-state index contributed by atoms with van der Waals surface area (Å²) in [6.07, 6.45) is 2.46. The van der Waals surface area contributed by atoms with E-state index < -0.39 is 0 Å². The van der Waals surface area contributed by atoms with Crippen LogP contribution in [0.1, 0.15) is 36.2 Å². The van der Waals surface area contributed by atoms with Gasteiger partial charge in [0.05, 0.1) is 6.04 Å². The van der Waals surface area contributed by atoms with Crippen LogP contribution in [0.4, 0.5) is 5.13 Å². The van der Waals surface area contributed by atoms with Crippen molar-refractivity contribution in [2.75, 3.05) is 11.2 Å². The van der Waals surface area contributed by atoms with E-state index in [4.69, 9.17) is 11.6 Å². The second-order valence-electron chi connectivity index (χ2n) is 4.49. The predicted octanol–water partition coefficient (Wildman–Crippen LogP) is 3.81. The summed E-state index contributed by atoms with van der Waals surface area (Å²) in [5.74, 6) is 2.11. The zero-order valence-electron chi connectivity index (χ0n) is 9.84. The summed E-state index contributed by atoms with van der Waals surface area (Å²) in [7, 11) is 0. The molecular weight excluding hydrogens is 266 g/mol. The number of alkyl halides is 1. The molecule has 3 rings (SSSR count). The van der Waals surface area contributed by atoms with Gasteiger partial charge in [-0.2, -0.15) is 4.37 Å². The zero-order valence-corrected chi connectivity index (χ0v) is 11.4. The molecule has 2 aromatic rings. The molecule has 1 aliphatic carbocycles. The predicted molar refractivity (Wildman–Crippen MR) is 75.4 cm³/mol. The number of hydrogen-bond donors (Lipinski definition) is 1. The molecule has 0 saturated heterocycles.